The molecule has 1 aromatic rings. The molecule has 0 aliphatic rings. The lowest BCUT2D eigenvalue weighted by atomic mass is 10.2. The summed E-state index contributed by atoms with van der Waals surface area (Å²) in [5.41, 5.74) is 0. The highest BCUT2D eigenvalue weighted by Gasteiger charge is 2.17. The topological polar surface area (TPSA) is 46.2 Å². The summed E-state index contributed by atoms with van der Waals surface area (Å²) in [6, 6.07) is 6.90. The first-order valence-corrected chi connectivity index (χ1v) is 7.65. The fourth-order valence-corrected chi connectivity index (χ4v) is 3.44. The van der Waals surface area contributed by atoms with Crippen molar-refractivity contribution >= 4 is 21.4 Å². The number of halogens is 1. The molecule has 0 spiro atoms. The van der Waals surface area contributed by atoms with Gasteiger partial charge in [-0.15, -0.1) is 0 Å². The first kappa shape index (κ1) is 14.5. The molecule has 17 heavy (non-hydrogen) atoms. The third-order valence-electron chi connectivity index (χ3n) is 2.71. The molecule has 0 saturated heterocycles. The third-order valence-corrected chi connectivity index (χ3v) is 5.01. The van der Waals surface area contributed by atoms with Gasteiger partial charge >= 0.3 is 0 Å². The minimum Gasteiger partial charge on any atom is -0.317 e. The molecule has 0 aliphatic carbocycles. The molecule has 0 bridgehead atoms. The van der Waals surface area contributed by atoms with Crippen LogP contribution in [0.15, 0.2) is 29.2 Å². The van der Waals surface area contributed by atoms with E-state index >= 15 is 0 Å². The van der Waals surface area contributed by atoms with E-state index in [1.54, 1.807) is 24.3 Å². The molecular weight excluding hydrogens is 258 g/mol. The Labute approximate surface area is 108 Å². The Morgan fingerprint density at radius 1 is 1.35 bits per heavy atom. The van der Waals surface area contributed by atoms with Crippen LogP contribution in [0.4, 0.5) is 0 Å². The standard InChI is InChI=1S/C12H18ClNO2S/c1-10(14-2)6-5-9-17(15,16)12-8-4-3-7-11(12)13/h3-4,7-8,10,14H,5-6,9H2,1-2H3. The van der Waals surface area contributed by atoms with Gasteiger partial charge in [0.15, 0.2) is 9.84 Å². The lowest BCUT2D eigenvalue weighted by Crippen LogP contribution is -2.22. The molecule has 0 heterocycles. The molecule has 1 unspecified atom stereocenters. The summed E-state index contributed by atoms with van der Waals surface area (Å²) >= 11 is 5.89. The lowest BCUT2D eigenvalue weighted by molar-refractivity contribution is 0.548. The quantitative estimate of drug-likeness (QED) is 0.868. The maximum atomic E-state index is 12.0. The van der Waals surface area contributed by atoms with Crippen LogP contribution < -0.4 is 5.32 Å². The van der Waals surface area contributed by atoms with Crippen LogP contribution >= 0.6 is 11.6 Å². The molecule has 0 fully saturated rings. The third kappa shape index (κ3) is 4.30. The number of benzene rings is 1. The van der Waals surface area contributed by atoms with Crippen LogP contribution in [0.3, 0.4) is 0 Å². The van der Waals surface area contributed by atoms with Gasteiger partial charge in [0.05, 0.1) is 15.7 Å². The van der Waals surface area contributed by atoms with E-state index in [4.69, 9.17) is 11.6 Å². The maximum absolute atomic E-state index is 12.0. The van der Waals surface area contributed by atoms with Crippen LogP contribution in [-0.4, -0.2) is 27.3 Å². The molecule has 0 aromatic heterocycles. The van der Waals surface area contributed by atoms with Gasteiger partial charge in [-0.3, -0.25) is 0 Å². The molecule has 1 rings (SSSR count). The highest BCUT2D eigenvalue weighted by Crippen LogP contribution is 2.22. The number of hydrogen-bond donors (Lipinski definition) is 1. The Morgan fingerprint density at radius 3 is 2.59 bits per heavy atom. The van der Waals surface area contributed by atoms with Gasteiger partial charge in [-0.2, -0.15) is 0 Å². The van der Waals surface area contributed by atoms with Crippen molar-refractivity contribution < 1.29 is 8.42 Å². The molecule has 0 aliphatic heterocycles. The molecule has 5 heteroatoms. The molecule has 0 saturated carbocycles. The van der Waals surface area contributed by atoms with Crippen LogP contribution in [0, 0.1) is 0 Å². The van der Waals surface area contributed by atoms with Gasteiger partial charge in [-0.05, 0) is 38.9 Å². The second kappa shape index (κ2) is 6.38. The lowest BCUT2D eigenvalue weighted by Gasteiger charge is -2.10. The zero-order chi connectivity index (χ0) is 12.9. The van der Waals surface area contributed by atoms with Gasteiger partial charge in [0, 0.05) is 6.04 Å². The van der Waals surface area contributed by atoms with Gasteiger partial charge in [-0.1, -0.05) is 23.7 Å². The fraction of sp³-hybridized carbons (Fsp3) is 0.500. The average molecular weight is 276 g/mol. The molecule has 1 N–H and O–H groups in total. The largest absolute Gasteiger partial charge is 0.317 e. The number of sulfone groups is 1. The van der Waals surface area contributed by atoms with Gasteiger partial charge in [0.2, 0.25) is 0 Å². The Kier molecular flexibility index (Phi) is 5.43. The first-order valence-electron chi connectivity index (χ1n) is 5.62. The summed E-state index contributed by atoms with van der Waals surface area (Å²) in [5, 5.41) is 3.38. The molecule has 96 valence electrons. The molecular formula is C12H18ClNO2S. The normalized spacial score (nSPS) is 13.6. The number of nitrogens with one attached hydrogen (secondary N) is 1. The van der Waals surface area contributed by atoms with Crippen LogP contribution in [0.2, 0.25) is 5.02 Å². The van der Waals surface area contributed by atoms with Gasteiger partial charge < -0.3 is 5.32 Å². The van der Waals surface area contributed by atoms with Crippen molar-refractivity contribution in [3.63, 3.8) is 0 Å². The minimum atomic E-state index is -3.25. The van der Waals surface area contributed by atoms with Crippen molar-refractivity contribution in [2.75, 3.05) is 12.8 Å². The van der Waals surface area contributed by atoms with E-state index < -0.39 is 9.84 Å². The monoisotopic (exact) mass is 275 g/mol. The Bertz CT molecular complexity index is 459. The predicted molar refractivity (Wildman–Crippen MR) is 71.3 cm³/mol. The zero-order valence-electron chi connectivity index (χ0n) is 10.1. The van der Waals surface area contributed by atoms with E-state index in [1.165, 1.54) is 0 Å². The van der Waals surface area contributed by atoms with Crippen LogP contribution in [0.25, 0.3) is 0 Å². The smallest absolute Gasteiger partial charge is 0.179 e. The molecule has 0 amide bonds. The number of rotatable bonds is 6. The summed E-state index contributed by atoms with van der Waals surface area (Å²) in [7, 11) is -1.39. The van der Waals surface area contributed by atoms with E-state index in [1.807, 2.05) is 14.0 Å². The maximum Gasteiger partial charge on any atom is 0.179 e. The Morgan fingerprint density at radius 2 is 2.00 bits per heavy atom. The van der Waals surface area contributed by atoms with Crippen LogP contribution in [-0.2, 0) is 9.84 Å². The van der Waals surface area contributed by atoms with E-state index in [-0.39, 0.29) is 10.6 Å². The average Bonchev–Trinajstić information content (AvgIpc) is 2.28. The summed E-state index contributed by atoms with van der Waals surface area (Å²) in [6.07, 6.45) is 1.47. The van der Waals surface area contributed by atoms with Crippen molar-refractivity contribution in [1.29, 1.82) is 0 Å². The minimum absolute atomic E-state index is 0.142. The van der Waals surface area contributed by atoms with Crippen molar-refractivity contribution in [3.8, 4) is 0 Å². The number of hydrogen-bond acceptors (Lipinski definition) is 3. The van der Waals surface area contributed by atoms with Crippen molar-refractivity contribution in [3.05, 3.63) is 29.3 Å². The van der Waals surface area contributed by atoms with E-state index in [2.05, 4.69) is 5.32 Å². The second-order valence-corrected chi connectivity index (χ2v) is 6.57. The van der Waals surface area contributed by atoms with Crippen molar-refractivity contribution in [2.45, 2.75) is 30.7 Å². The zero-order valence-corrected chi connectivity index (χ0v) is 11.7. The summed E-state index contributed by atoms with van der Waals surface area (Å²) in [6.45, 7) is 2.03. The second-order valence-electron chi connectivity index (χ2n) is 4.08. The highest BCUT2D eigenvalue weighted by atomic mass is 35.5. The van der Waals surface area contributed by atoms with Crippen LogP contribution in [0.1, 0.15) is 19.8 Å². The summed E-state index contributed by atoms with van der Waals surface area (Å²) < 4.78 is 24.0. The molecule has 1 aromatic carbocycles. The molecule has 0 radical (unpaired) electrons. The summed E-state index contributed by atoms with van der Waals surface area (Å²) in [5.74, 6) is 0.142. The van der Waals surface area contributed by atoms with Crippen LogP contribution in [0.5, 0.6) is 0 Å². The Balaban J connectivity index is 2.67. The molecule has 3 nitrogen and oxygen atoms in total. The van der Waals surface area contributed by atoms with E-state index in [9.17, 15) is 8.42 Å². The SMILES string of the molecule is CNC(C)CCCS(=O)(=O)c1ccccc1Cl. The van der Waals surface area contributed by atoms with Gasteiger partial charge in [-0.25, -0.2) is 8.42 Å². The highest BCUT2D eigenvalue weighted by molar-refractivity contribution is 7.91. The molecule has 1 atom stereocenters. The van der Waals surface area contributed by atoms with Crippen molar-refractivity contribution in [1.82, 2.24) is 5.32 Å². The van der Waals surface area contributed by atoms with E-state index in [0.29, 0.717) is 17.5 Å². The predicted octanol–water partition coefficient (Wildman–Crippen LogP) is 2.50. The van der Waals surface area contributed by atoms with E-state index in [0.717, 1.165) is 6.42 Å². The van der Waals surface area contributed by atoms with Gasteiger partial charge in [0.1, 0.15) is 0 Å². The van der Waals surface area contributed by atoms with Crippen molar-refractivity contribution in [2.24, 2.45) is 0 Å². The fourth-order valence-electron chi connectivity index (χ4n) is 1.53. The summed E-state index contributed by atoms with van der Waals surface area (Å²) in [4.78, 5) is 0.235. The first-order chi connectivity index (χ1) is 7.97. The Hall–Kier alpha value is -0.580. The van der Waals surface area contributed by atoms with Gasteiger partial charge in [0.25, 0.3) is 0 Å².